The summed E-state index contributed by atoms with van der Waals surface area (Å²) in [5.74, 6) is 0. The van der Waals surface area contributed by atoms with E-state index in [9.17, 15) is 14.9 Å². The van der Waals surface area contributed by atoms with Gasteiger partial charge in [-0.3, -0.25) is 15.4 Å². The Hall–Kier alpha value is -2.63. The summed E-state index contributed by atoms with van der Waals surface area (Å²) in [5.41, 5.74) is -0.154. The fourth-order valence-electron chi connectivity index (χ4n) is 1.91. The molecule has 0 fully saturated rings. The number of amides is 1. The summed E-state index contributed by atoms with van der Waals surface area (Å²) in [6.07, 6.45) is -0.597. The lowest BCUT2D eigenvalue weighted by Crippen LogP contribution is -2.27. The van der Waals surface area contributed by atoms with Crippen molar-refractivity contribution in [3.05, 3.63) is 46.5 Å². The number of carbonyl (C=O) groups is 1. The highest BCUT2D eigenvalue weighted by Gasteiger charge is 2.17. The number of hydrogen-bond donors (Lipinski definition) is 1. The van der Waals surface area contributed by atoms with Crippen LogP contribution in [0.5, 0.6) is 0 Å². The average Bonchev–Trinajstić information content (AvgIpc) is 2.35. The highest BCUT2D eigenvalue weighted by Crippen LogP contribution is 2.28. The van der Waals surface area contributed by atoms with Crippen LogP contribution in [0.15, 0.2) is 36.4 Å². The molecule has 0 heterocycles. The first-order chi connectivity index (χ1) is 9.76. The lowest BCUT2D eigenvalue weighted by atomic mass is 10.1. The average molecular weight is 288 g/mol. The number of rotatable bonds is 2. The zero-order chi connectivity index (χ0) is 15.6. The number of fused-ring (bicyclic) bond motifs is 1. The van der Waals surface area contributed by atoms with Gasteiger partial charge in [0.05, 0.1) is 10.3 Å². The Kier molecular flexibility index (Phi) is 3.80. The van der Waals surface area contributed by atoms with Gasteiger partial charge in [-0.25, -0.2) is 4.79 Å². The summed E-state index contributed by atoms with van der Waals surface area (Å²) in [6, 6.07) is 9.79. The molecule has 110 valence electrons. The molecular weight excluding hydrogens is 272 g/mol. The maximum Gasteiger partial charge on any atom is 0.412 e. The molecule has 0 aliphatic heterocycles. The van der Waals surface area contributed by atoms with Crippen molar-refractivity contribution < 1.29 is 14.5 Å². The summed E-state index contributed by atoms with van der Waals surface area (Å²) in [5, 5.41) is 14.8. The Morgan fingerprint density at radius 1 is 1.24 bits per heavy atom. The lowest BCUT2D eigenvalue weighted by Gasteiger charge is -2.19. The number of nitrogens with zero attached hydrogens (tertiary/aromatic N) is 1. The maximum absolute atomic E-state index is 11.7. The van der Waals surface area contributed by atoms with Crippen LogP contribution in [0.1, 0.15) is 20.8 Å². The van der Waals surface area contributed by atoms with Gasteiger partial charge < -0.3 is 4.74 Å². The molecule has 0 aliphatic carbocycles. The molecule has 21 heavy (non-hydrogen) atoms. The van der Waals surface area contributed by atoms with E-state index >= 15 is 0 Å². The van der Waals surface area contributed by atoms with Crippen LogP contribution in [0.25, 0.3) is 10.8 Å². The Bertz CT molecular complexity index is 704. The number of carbonyl (C=O) groups excluding carboxylic acids is 1. The van der Waals surface area contributed by atoms with E-state index in [0.29, 0.717) is 11.1 Å². The van der Waals surface area contributed by atoms with Gasteiger partial charge in [0, 0.05) is 11.8 Å². The molecule has 0 spiro atoms. The molecule has 0 saturated carbocycles. The Morgan fingerprint density at radius 2 is 1.95 bits per heavy atom. The standard InChI is InChI=1S/C15H16N2O4/c1-15(2,3)21-14(18)16-11-8-7-10-5-4-6-13(17(19)20)12(10)9-11/h4-9H,1-3H3,(H,16,18). The third kappa shape index (κ3) is 3.68. The minimum absolute atomic E-state index is 0.000314. The van der Waals surface area contributed by atoms with Crippen LogP contribution < -0.4 is 5.32 Å². The van der Waals surface area contributed by atoms with Gasteiger partial charge in [0.1, 0.15) is 5.60 Å². The van der Waals surface area contributed by atoms with E-state index in [1.54, 1.807) is 51.1 Å². The smallest absolute Gasteiger partial charge is 0.412 e. The van der Waals surface area contributed by atoms with Crippen LogP contribution in [0.2, 0.25) is 0 Å². The number of benzene rings is 2. The molecule has 0 aliphatic rings. The van der Waals surface area contributed by atoms with Crippen molar-refractivity contribution in [1.29, 1.82) is 0 Å². The number of non-ortho nitro benzene ring substituents is 1. The van der Waals surface area contributed by atoms with E-state index < -0.39 is 16.6 Å². The normalized spacial score (nSPS) is 11.2. The maximum atomic E-state index is 11.7. The highest BCUT2D eigenvalue weighted by atomic mass is 16.6. The summed E-state index contributed by atoms with van der Waals surface area (Å²) >= 11 is 0. The van der Waals surface area contributed by atoms with Crippen molar-refractivity contribution in [2.75, 3.05) is 5.32 Å². The number of ether oxygens (including phenoxy) is 1. The Morgan fingerprint density at radius 3 is 2.57 bits per heavy atom. The van der Waals surface area contributed by atoms with E-state index in [1.807, 2.05) is 0 Å². The molecule has 6 heteroatoms. The fourth-order valence-corrected chi connectivity index (χ4v) is 1.91. The van der Waals surface area contributed by atoms with Crippen molar-refractivity contribution in [2.24, 2.45) is 0 Å². The summed E-state index contributed by atoms with van der Waals surface area (Å²) < 4.78 is 5.15. The van der Waals surface area contributed by atoms with E-state index in [2.05, 4.69) is 5.32 Å². The van der Waals surface area contributed by atoms with Gasteiger partial charge in [0.2, 0.25) is 0 Å². The second-order valence-electron chi connectivity index (χ2n) is 5.60. The second kappa shape index (κ2) is 5.40. The van der Waals surface area contributed by atoms with Gasteiger partial charge in [-0.05, 0) is 38.3 Å². The minimum Gasteiger partial charge on any atom is -0.444 e. The molecule has 1 N–H and O–H groups in total. The van der Waals surface area contributed by atoms with Crippen LogP contribution in [-0.2, 0) is 4.74 Å². The van der Waals surface area contributed by atoms with Gasteiger partial charge in [-0.1, -0.05) is 18.2 Å². The molecule has 0 saturated heterocycles. The van der Waals surface area contributed by atoms with E-state index in [0.717, 1.165) is 5.39 Å². The zero-order valence-corrected chi connectivity index (χ0v) is 12.0. The lowest BCUT2D eigenvalue weighted by molar-refractivity contribution is -0.383. The summed E-state index contributed by atoms with van der Waals surface area (Å²) in [4.78, 5) is 22.3. The van der Waals surface area contributed by atoms with Crippen molar-refractivity contribution in [1.82, 2.24) is 0 Å². The number of nitro groups is 1. The topological polar surface area (TPSA) is 81.5 Å². The quantitative estimate of drug-likeness (QED) is 0.666. The van der Waals surface area contributed by atoms with Gasteiger partial charge in [-0.15, -0.1) is 0 Å². The highest BCUT2D eigenvalue weighted by molar-refractivity contribution is 5.95. The number of anilines is 1. The second-order valence-corrected chi connectivity index (χ2v) is 5.60. The van der Waals surface area contributed by atoms with Crippen molar-refractivity contribution in [3.8, 4) is 0 Å². The van der Waals surface area contributed by atoms with E-state index in [-0.39, 0.29) is 5.69 Å². The monoisotopic (exact) mass is 288 g/mol. The molecule has 0 bridgehead atoms. The van der Waals surface area contributed by atoms with Crippen LogP contribution in [0.3, 0.4) is 0 Å². The van der Waals surface area contributed by atoms with Crippen LogP contribution in [0, 0.1) is 10.1 Å². The number of nitro benzene ring substituents is 1. The van der Waals surface area contributed by atoms with Crippen LogP contribution in [0.4, 0.5) is 16.2 Å². The van der Waals surface area contributed by atoms with Crippen LogP contribution >= 0.6 is 0 Å². The molecule has 0 aromatic heterocycles. The summed E-state index contributed by atoms with van der Waals surface area (Å²) in [6.45, 7) is 5.29. The molecule has 2 rings (SSSR count). The predicted molar refractivity (Wildman–Crippen MR) is 80.5 cm³/mol. The number of nitrogens with one attached hydrogen (secondary N) is 1. The van der Waals surface area contributed by atoms with Crippen LogP contribution in [-0.4, -0.2) is 16.6 Å². The molecule has 6 nitrogen and oxygen atoms in total. The molecule has 0 unspecified atom stereocenters. The van der Waals surface area contributed by atoms with Gasteiger partial charge >= 0.3 is 6.09 Å². The van der Waals surface area contributed by atoms with Gasteiger partial charge in [-0.2, -0.15) is 0 Å². The Labute approximate surface area is 121 Å². The largest absolute Gasteiger partial charge is 0.444 e. The van der Waals surface area contributed by atoms with E-state index in [4.69, 9.17) is 4.74 Å². The third-order valence-corrected chi connectivity index (χ3v) is 2.70. The number of hydrogen-bond acceptors (Lipinski definition) is 4. The molecule has 0 radical (unpaired) electrons. The molecule has 1 amide bonds. The van der Waals surface area contributed by atoms with Crippen molar-refractivity contribution in [2.45, 2.75) is 26.4 Å². The SMILES string of the molecule is CC(C)(C)OC(=O)Nc1ccc2cccc([N+](=O)[O-])c2c1. The van der Waals surface area contributed by atoms with Crippen molar-refractivity contribution in [3.63, 3.8) is 0 Å². The predicted octanol–water partition coefficient (Wildman–Crippen LogP) is 4.10. The first-order valence-electron chi connectivity index (χ1n) is 6.43. The van der Waals surface area contributed by atoms with Crippen molar-refractivity contribution >= 4 is 28.2 Å². The van der Waals surface area contributed by atoms with Gasteiger partial charge in [0.25, 0.3) is 5.69 Å². The third-order valence-electron chi connectivity index (χ3n) is 2.70. The van der Waals surface area contributed by atoms with Gasteiger partial charge in [0.15, 0.2) is 0 Å². The molecule has 0 atom stereocenters. The molecule has 2 aromatic carbocycles. The summed E-state index contributed by atoms with van der Waals surface area (Å²) in [7, 11) is 0. The van der Waals surface area contributed by atoms with E-state index in [1.165, 1.54) is 6.07 Å². The zero-order valence-electron chi connectivity index (χ0n) is 12.0. The minimum atomic E-state index is -0.604. The first-order valence-corrected chi connectivity index (χ1v) is 6.43. The Balaban J connectivity index is 2.32. The first kappa shape index (κ1) is 14.8. The molecular formula is C15H16N2O4. The fraction of sp³-hybridized carbons (Fsp3) is 0.267. The molecule has 2 aromatic rings.